The Labute approximate surface area is 70.8 Å². The van der Waals surface area contributed by atoms with Crippen molar-refractivity contribution in [3.05, 3.63) is 11.8 Å². The van der Waals surface area contributed by atoms with Crippen LogP contribution < -0.4 is 0 Å². The predicted octanol–water partition coefficient (Wildman–Crippen LogP) is 0.969. The number of esters is 1. The van der Waals surface area contributed by atoms with E-state index in [1.807, 2.05) is 0 Å². The Hall–Kier alpha value is -1.32. The highest BCUT2D eigenvalue weighted by Crippen LogP contribution is 1.97. The lowest BCUT2D eigenvalue weighted by molar-refractivity contribution is -0.145. The van der Waals surface area contributed by atoms with Gasteiger partial charge in [-0.05, 0) is 20.8 Å². The zero-order valence-electron chi connectivity index (χ0n) is 7.33. The van der Waals surface area contributed by atoms with Gasteiger partial charge in [0.2, 0.25) is 5.76 Å². The van der Waals surface area contributed by atoms with Crippen LogP contribution in [0.5, 0.6) is 0 Å². The molecule has 0 bridgehead atoms. The molecule has 0 fully saturated rings. The van der Waals surface area contributed by atoms with Gasteiger partial charge in [0.1, 0.15) is 0 Å². The zero-order valence-corrected chi connectivity index (χ0v) is 7.33. The maximum atomic E-state index is 10.8. The van der Waals surface area contributed by atoms with Crippen LogP contribution >= 0.6 is 0 Å². The fraction of sp³-hybridized carbons (Fsp3) is 0.500. The summed E-state index contributed by atoms with van der Waals surface area (Å²) in [5.41, 5.74) is 0. The molecule has 0 atom stereocenters. The number of aliphatic hydroxyl groups is 1. The molecule has 0 rings (SSSR count). The van der Waals surface area contributed by atoms with Gasteiger partial charge >= 0.3 is 5.97 Å². The Kier molecular flexibility index (Phi) is 4.04. The first kappa shape index (κ1) is 10.7. The molecule has 0 aliphatic rings. The number of allylic oxidation sites excluding steroid dienone is 1. The summed E-state index contributed by atoms with van der Waals surface area (Å²) in [6, 6.07) is 0. The van der Waals surface area contributed by atoms with E-state index in [1.54, 1.807) is 13.8 Å². The molecule has 0 heterocycles. The molecule has 0 unspecified atom stereocenters. The lowest BCUT2D eigenvalue weighted by Gasteiger charge is -2.05. The van der Waals surface area contributed by atoms with Crippen molar-refractivity contribution < 1.29 is 19.4 Å². The zero-order chi connectivity index (χ0) is 9.72. The third kappa shape index (κ3) is 4.49. The lowest BCUT2D eigenvalue weighted by Crippen LogP contribution is -2.14. The standard InChI is InChI=1S/C8H12O4/c1-5(2)12-8(11)7(10)4-6(3)9/h4-5,10H,1-3H3/b7-4-. The predicted molar refractivity (Wildman–Crippen MR) is 42.6 cm³/mol. The molecule has 4 heteroatoms. The summed E-state index contributed by atoms with van der Waals surface area (Å²) in [5.74, 6) is -1.93. The Morgan fingerprint density at radius 2 is 1.92 bits per heavy atom. The molecular weight excluding hydrogens is 160 g/mol. The SMILES string of the molecule is CC(=O)/C=C(\O)C(=O)OC(C)C. The van der Waals surface area contributed by atoms with Gasteiger partial charge in [0.25, 0.3) is 0 Å². The van der Waals surface area contributed by atoms with Crippen molar-refractivity contribution >= 4 is 11.8 Å². The first-order chi connectivity index (χ1) is 5.43. The van der Waals surface area contributed by atoms with Crippen molar-refractivity contribution in [2.24, 2.45) is 0 Å². The van der Waals surface area contributed by atoms with Crippen LogP contribution in [0.3, 0.4) is 0 Å². The number of aliphatic hydroxyl groups excluding tert-OH is 1. The van der Waals surface area contributed by atoms with E-state index < -0.39 is 17.5 Å². The maximum Gasteiger partial charge on any atom is 0.373 e. The Bertz CT molecular complexity index is 215. The van der Waals surface area contributed by atoms with E-state index in [4.69, 9.17) is 5.11 Å². The molecule has 0 aliphatic carbocycles. The summed E-state index contributed by atoms with van der Waals surface area (Å²) in [5, 5.41) is 8.90. The second-order valence-electron chi connectivity index (χ2n) is 2.59. The van der Waals surface area contributed by atoms with E-state index in [1.165, 1.54) is 6.92 Å². The number of rotatable bonds is 3. The molecule has 0 spiro atoms. The van der Waals surface area contributed by atoms with Crippen LogP contribution in [0.15, 0.2) is 11.8 Å². The minimum atomic E-state index is -0.875. The molecule has 0 aromatic carbocycles. The van der Waals surface area contributed by atoms with Crippen molar-refractivity contribution in [1.29, 1.82) is 0 Å². The Morgan fingerprint density at radius 3 is 2.25 bits per heavy atom. The molecule has 0 amide bonds. The third-order valence-electron chi connectivity index (χ3n) is 0.892. The van der Waals surface area contributed by atoms with Gasteiger partial charge in [-0.3, -0.25) is 4.79 Å². The number of hydrogen-bond acceptors (Lipinski definition) is 4. The van der Waals surface area contributed by atoms with Crippen LogP contribution in [0, 0.1) is 0 Å². The molecule has 0 saturated carbocycles. The van der Waals surface area contributed by atoms with Gasteiger partial charge in [-0.15, -0.1) is 0 Å². The van der Waals surface area contributed by atoms with Gasteiger partial charge in [-0.25, -0.2) is 4.79 Å². The number of ether oxygens (including phenoxy) is 1. The van der Waals surface area contributed by atoms with E-state index in [-0.39, 0.29) is 6.10 Å². The van der Waals surface area contributed by atoms with E-state index in [0.29, 0.717) is 0 Å². The second kappa shape index (κ2) is 4.54. The summed E-state index contributed by atoms with van der Waals surface area (Å²) in [6.07, 6.45) is 0.519. The van der Waals surface area contributed by atoms with E-state index >= 15 is 0 Å². The third-order valence-corrected chi connectivity index (χ3v) is 0.892. The molecule has 0 saturated heterocycles. The fourth-order valence-corrected chi connectivity index (χ4v) is 0.526. The summed E-state index contributed by atoms with van der Waals surface area (Å²) < 4.78 is 4.60. The molecule has 0 aromatic rings. The summed E-state index contributed by atoms with van der Waals surface area (Å²) >= 11 is 0. The lowest BCUT2D eigenvalue weighted by atomic mass is 10.3. The van der Waals surface area contributed by atoms with Crippen molar-refractivity contribution in [2.45, 2.75) is 26.9 Å². The minimum absolute atomic E-state index is 0.306. The number of carbonyl (C=O) groups is 2. The van der Waals surface area contributed by atoms with E-state index in [2.05, 4.69) is 4.74 Å². The highest BCUT2D eigenvalue weighted by molar-refractivity contribution is 5.96. The van der Waals surface area contributed by atoms with Crippen LogP contribution in [0.1, 0.15) is 20.8 Å². The monoisotopic (exact) mass is 172 g/mol. The van der Waals surface area contributed by atoms with Crippen molar-refractivity contribution in [1.82, 2.24) is 0 Å². The Balaban J connectivity index is 4.20. The maximum absolute atomic E-state index is 10.8. The average Bonchev–Trinajstić information content (AvgIpc) is 1.84. The quantitative estimate of drug-likeness (QED) is 0.391. The van der Waals surface area contributed by atoms with Gasteiger partial charge < -0.3 is 9.84 Å². The normalized spacial score (nSPS) is 11.5. The summed E-state index contributed by atoms with van der Waals surface area (Å²) in [6.45, 7) is 4.54. The van der Waals surface area contributed by atoms with Crippen LogP contribution in [-0.2, 0) is 14.3 Å². The molecule has 0 aliphatic heterocycles. The van der Waals surface area contributed by atoms with Gasteiger partial charge in [0.15, 0.2) is 5.78 Å². The second-order valence-corrected chi connectivity index (χ2v) is 2.59. The molecule has 0 aromatic heterocycles. The smallest absolute Gasteiger partial charge is 0.373 e. The highest BCUT2D eigenvalue weighted by atomic mass is 16.6. The molecule has 68 valence electrons. The van der Waals surface area contributed by atoms with Crippen LogP contribution in [0.25, 0.3) is 0 Å². The largest absolute Gasteiger partial charge is 0.502 e. The van der Waals surface area contributed by atoms with Crippen LogP contribution in [0.2, 0.25) is 0 Å². The van der Waals surface area contributed by atoms with Crippen LogP contribution in [0.4, 0.5) is 0 Å². The molecule has 1 N–H and O–H groups in total. The van der Waals surface area contributed by atoms with Gasteiger partial charge in [-0.2, -0.15) is 0 Å². The first-order valence-corrected chi connectivity index (χ1v) is 3.55. The molecular formula is C8H12O4. The van der Waals surface area contributed by atoms with Crippen LogP contribution in [-0.4, -0.2) is 23.0 Å². The van der Waals surface area contributed by atoms with Gasteiger partial charge in [-0.1, -0.05) is 0 Å². The van der Waals surface area contributed by atoms with E-state index in [9.17, 15) is 9.59 Å². The summed E-state index contributed by atoms with van der Waals surface area (Å²) in [7, 11) is 0. The minimum Gasteiger partial charge on any atom is -0.502 e. The molecule has 4 nitrogen and oxygen atoms in total. The Morgan fingerprint density at radius 1 is 1.42 bits per heavy atom. The van der Waals surface area contributed by atoms with E-state index in [0.717, 1.165) is 6.08 Å². The summed E-state index contributed by atoms with van der Waals surface area (Å²) in [4.78, 5) is 21.2. The average molecular weight is 172 g/mol. The topological polar surface area (TPSA) is 63.6 Å². The molecule has 0 radical (unpaired) electrons. The van der Waals surface area contributed by atoms with Gasteiger partial charge in [0, 0.05) is 6.08 Å². The van der Waals surface area contributed by atoms with Gasteiger partial charge in [0.05, 0.1) is 6.10 Å². The highest BCUT2D eigenvalue weighted by Gasteiger charge is 2.11. The first-order valence-electron chi connectivity index (χ1n) is 3.55. The molecule has 12 heavy (non-hydrogen) atoms. The van der Waals surface area contributed by atoms with Crippen molar-refractivity contribution in [3.63, 3.8) is 0 Å². The number of hydrogen-bond donors (Lipinski definition) is 1. The van der Waals surface area contributed by atoms with Crippen molar-refractivity contribution in [3.8, 4) is 0 Å². The van der Waals surface area contributed by atoms with Crippen molar-refractivity contribution in [2.75, 3.05) is 0 Å². The fourth-order valence-electron chi connectivity index (χ4n) is 0.526. The number of carbonyl (C=O) groups excluding carboxylic acids is 2. The number of ketones is 1.